The SMILES string of the molecule is CCCNC1CSCC1c1nc(-c2ncc[nH]2)no1. The van der Waals surface area contributed by atoms with Crippen LogP contribution in [0.25, 0.3) is 11.6 Å². The Bertz CT molecular complexity index is 512. The van der Waals surface area contributed by atoms with Gasteiger partial charge in [0.2, 0.25) is 11.7 Å². The monoisotopic (exact) mass is 279 g/mol. The Morgan fingerprint density at radius 1 is 1.53 bits per heavy atom. The Hall–Kier alpha value is -1.34. The molecule has 2 atom stereocenters. The second kappa shape index (κ2) is 5.75. The Morgan fingerprint density at radius 3 is 3.26 bits per heavy atom. The minimum Gasteiger partial charge on any atom is -0.342 e. The first-order chi connectivity index (χ1) is 9.38. The molecule has 0 aliphatic carbocycles. The van der Waals surface area contributed by atoms with Crippen LogP contribution in [-0.4, -0.2) is 44.2 Å². The molecule has 0 amide bonds. The zero-order valence-corrected chi connectivity index (χ0v) is 11.6. The Labute approximate surface area is 115 Å². The summed E-state index contributed by atoms with van der Waals surface area (Å²) in [5.41, 5.74) is 0. The first kappa shape index (κ1) is 12.7. The fraction of sp³-hybridized carbons (Fsp3) is 0.583. The van der Waals surface area contributed by atoms with E-state index < -0.39 is 0 Å². The summed E-state index contributed by atoms with van der Waals surface area (Å²) in [4.78, 5) is 11.6. The van der Waals surface area contributed by atoms with Gasteiger partial charge in [-0.3, -0.25) is 0 Å². The van der Waals surface area contributed by atoms with Crippen LogP contribution in [0.4, 0.5) is 0 Å². The van der Waals surface area contributed by atoms with Crippen molar-refractivity contribution < 1.29 is 4.52 Å². The maximum absolute atomic E-state index is 5.41. The number of hydrogen-bond donors (Lipinski definition) is 2. The van der Waals surface area contributed by atoms with Crippen LogP contribution in [0.1, 0.15) is 25.2 Å². The summed E-state index contributed by atoms with van der Waals surface area (Å²) in [5.74, 6) is 4.33. The van der Waals surface area contributed by atoms with Gasteiger partial charge in [0.1, 0.15) is 0 Å². The zero-order chi connectivity index (χ0) is 13.1. The minimum atomic E-state index is 0.299. The van der Waals surface area contributed by atoms with Crippen molar-refractivity contribution >= 4 is 11.8 Å². The quantitative estimate of drug-likeness (QED) is 0.866. The number of hydrogen-bond acceptors (Lipinski definition) is 6. The minimum absolute atomic E-state index is 0.299. The van der Waals surface area contributed by atoms with Crippen LogP contribution in [0.15, 0.2) is 16.9 Å². The Kier molecular flexibility index (Phi) is 3.84. The van der Waals surface area contributed by atoms with Crippen LogP contribution in [-0.2, 0) is 0 Å². The summed E-state index contributed by atoms with van der Waals surface area (Å²) in [6, 6.07) is 0.426. The van der Waals surface area contributed by atoms with Crippen molar-refractivity contribution in [1.29, 1.82) is 0 Å². The van der Waals surface area contributed by atoms with Gasteiger partial charge in [-0.05, 0) is 13.0 Å². The van der Waals surface area contributed by atoms with Crippen LogP contribution in [0, 0.1) is 0 Å². The highest BCUT2D eigenvalue weighted by Crippen LogP contribution is 2.32. The number of rotatable bonds is 5. The molecule has 0 radical (unpaired) electrons. The van der Waals surface area contributed by atoms with Crippen molar-refractivity contribution in [2.75, 3.05) is 18.1 Å². The van der Waals surface area contributed by atoms with E-state index in [1.54, 1.807) is 12.4 Å². The van der Waals surface area contributed by atoms with E-state index in [2.05, 4.69) is 32.3 Å². The van der Waals surface area contributed by atoms with E-state index in [4.69, 9.17) is 4.52 Å². The summed E-state index contributed by atoms with van der Waals surface area (Å²) < 4.78 is 5.41. The van der Waals surface area contributed by atoms with E-state index in [1.165, 1.54) is 0 Å². The molecule has 3 heterocycles. The molecule has 0 spiro atoms. The van der Waals surface area contributed by atoms with Crippen molar-refractivity contribution in [2.45, 2.75) is 25.3 Å². The maximum atomic E-state index is 5.41. The topological polar surface area (TPSA) is 79.6 Å². The molecule has 1 saturated heterocycles. The maximum Gasteiger partial charge on any atom is 0.238 e. The highest BCUT2D eigenvalue weighted by Gasteiger charge is 2.33. The molecule has 1 fully saturated rings. The summed E-state index contributed by atoms with van der Waals surface area (Å²) in [7, 11) is 0. The molecular weight excluding hydrogens is 262 g/mol. The molecular formula is C12H17N5OS. The molecule has 19 heavy (non-hydrogen) atoms. The molecule has 3 rings (SSSR count). The van der Waals surface area contributed by atoms with E-state index in [-0.39, 0.29) is 0 Å². The van der Waals surface area contributed by atoms with Gasteiger partial charge in [-0.15, -0.1) is 0 Å². The highest BCUT2D eigenvalue weighted by molar-refractivity contribution is 7.99. The molecule has 1 aliphatic heterocycles. The predicted octanol–water partition coefficient (Wildman–Crippen LogP) is 1.66. The average Bonchev–Trinajstić information content (AvgIpc) is 3.14. The average molecular weight is 279 g/mol. The molecule has 6 nitrogen and oxygen atoms in total. The number of aromatic amines is 1. The molecule has 2 aromatic heterocycles. The van der Waals surface area contributed by atoms with Crippen LogP contribution in [0.2, 0.25) is 0 Å². The predicted molar refractivity (Wildman–Crippen MR) is 74.0 cm³/mol. The third-order valence-electron chi connectivity index (χ3n) is 3.21. The van der Waals surface area contributed by atoms with Gasteiger partial charge >= 0.3 is 0 Å². The normalized spacial score (nSPS) is 23.0. The van der Waals surface area contributed by atoms with Gasteiger partial charge in [-0.2, -0.15) is 16.7 Å². The third-order valence-corrected chi connectivity index (χ3v) is 4.40. The molecule has 0 saturated carbocycles. The van der Waals surface area contributed by atoms with Gasteiger partial charge < -0.3 is 14.8 Å². The van der Waals surface area contributed by atoms with Crippen molar-refractivity contribution in [3.63, 3.8) is 0 Å². The van der Waals surface area contributed by atoms with Gasteiger partial charge in [-0.25, -0.2) is 4.98 Å². The van der Waals surface area contributed by atoms with Gasteiger partial charge in [-0.1, -0.05) is 12.1 Å². The van der Waals surface area contributed by atoms with Crippen LogP contribution in [0.3, 0.4) is 0 Å². The first-order valence-corrected chi connectivity index (χ1v) is 7.68. The summed E-state index contributed by atoms with van der Waals surface area (Å²) in [6.07, 6.45) is 4.57. The second-order valence-electron chi connectivity index (χ2n) is 4.60. The van der Waals surface area contributed by atoms with Crippen molar-refractivity contribution in [2.24, 2.45) is 0 Å². The van der Waals surface area contributed by atoms with Crippen LogP contribution >= 0.6 is 11.8 Å². The van der Waals surface area contributed by atoms with Gasteiger partial charge in [0, 0.05) is 29.9 Å². The lowest BCUT2D eigenvalue weighted by atomic mass is 10.0. The molecule has 1 aliphatic rings. The summed E-state index contributed by atoms with van der Waals surface area (Å²) in [6.45, 7) is 3.20. The zero-order valence-electron chi connectivity index (χ0n) is 10.8. The van der Waals surface area contributed by atoms with E-state index in [1.807, 2.05) is 11.8 Å². The van der Waals surface area contributed by atoms with Gasteiger partial charge in [0.05, 0.1) is 5.92 Å². The fourth-order valence-electron chi connectivity index (χ4n) is 2.20. The number of H-pyrrole nitrogens is 1. The molecule has 0 aromatic carbocycles. The molecule has 102 valence electrons. The van der Waals surface area contributed by atoms with E-state index in [0.29, 0.717) is 29.5 Å². The number of thioether (sulfide) groups is 1. The Morgan fingerprint density at radius 2 is 2.47 bits per heavy atom. The molecule has 2 unspecified atom stereocenters. The van der Waals surface area contributed by atoms with Gasteiger partial charge in [0.25, 0.3) is 0 Å². The number of imidazole rings is 1. The molecule has 7 heteroatoms. The van der Waals surface area contributed by atoms with Crippen LogP contribution in [0.5, 0.6) is 0 Å². The molecule has 2 N–H and O–H groups in total. The van der Waals surface area contributed by atoms with Crippen molar-refractivity contribution in [3.8, 4) is 11.6 Å². The number of aromatic nitrogens is 4. The van der Waals surface area contributed by atoms with Gasteiger partial charge in [0.15, 0.2) is 5.82 Å². The fourth-order valence-corrected chi connectivity index (χ4v) is 3.57. The van der Waals surface area contributed by atoms with Crippen molar-refractivity contribution in [3.05, 3.63) is 18.3 Å². The Balaban J connectivity index is 1.75. The largest absolute Gasteiger partial charge is 0.342 e. The van der Waals surface area contributed by atoms with Crippen molar-refractivity contribution in [1.82, 2.24) is 25.4 Å². The first-order valence-electron chi connectivity index (χ1n) is 6.53. The number of nitrogens with zero attached hydrogens (tertiary/aromatic N) is 3. The summed E-state index contributed by atoms with van der Waals surface area (Å²) >= 11 is 1.93. The lowest BCUT2D eigenvalue weighted by molar-refractivity contribution is 0.339. The third kappa shape index (κ3) is 2.66. The van der Waals surface area contributed by atoms with Crippen LogP contribution < -0.4 is 5.32 Å². The lowest BCUT2D eigenvalue weighted by Crippen LogP contribution is -2.34. The summed E-state index contributed by atoms with van der Waals surface area (Å²) in [5, 5.41) is 7.55. The molecule has 2 aromatic rings. The smallest absolute Gasteiger partial charge is 0.238 e. The standard InChI is InChI=1S/C12H17N5OS/c1-2-3-13-9-7-19-6-8(9)12-16-11(17-18-12)10-14-4-5-15-10/h4-5,8-9,13H,2-3,6-7H2,1H3,(H,14,15). The highest BCUT2D eigenvalue weighted by atomic mass is 32.2. The lowest BCUT2D eigenvalue weighted by Gasteiger charge is -2.16. The van der Waals surface area contributed by atoms with E-state index >= 15 is 0 Å². The van der Waals surface area contributed by atoms with E-state index in [9.17, 15) is 0 Å². The molecule has 0 bridgehead atoms. The number of nitrogens with one attached hydrogen (secondary N) is 2. The second-order valence-corrected chi connectivity index (χ2v) is 5.67. The van der Waals surface area contributed by atoms with E-state index in [0.717, 1.165) is 24.5 Å².